The monoisotopic (exact) mass is 455 g/mol. The van der Waals surface area contributed by atoms with Crippen LogP contribution in [0.4, 0.5) is 4.79 Å². The third-order valence-corrected chi connectivity index (χ3v) is 5.32. The average molecular weight is 456 g/mol. The highest BCUT2D eigenvalue weighted by molar-refractivity contribution is 5.89. The Kier molecular flexibility index (Phi) is 12.7. The van der Waals surface area contributed by atoms with E-state index in [1.807, 2.05) is 0 Å². The van der Waals surface area contributed by atoms with Crippen molar-refractivity contribution in [1.29, 1.82) is 0 Å². The van der Waals surface area contributed by atoms with Gasteiger partial charge in [-0.3, -0.25) is 14.4 Å². The molecule has 0 heterocycles. The number of nitrogens with one attached hydrogen (secondary N) is 3. The van der Waals surface area contributed by atoms with E-state index in [9.17, 15) is 19.2 Å². The molecular formula is C23H41N3O6. The summed E-state index contributed by atoms with van der Waals surface area (Å²) in [5, 5.41) is 8.09. The highest BCUT2D eigenvalue weighted by Gasteiger charge is 2.26. The van der Waals surface area contributed by atoms with Crippen LogP contribution in [-0.4, -0.2) is 55.7 Å². The molecule has 0 saturated heterocycles. The van der Waals surface area contributed by atoms with Gasteiger partial charge in [0.2, 0.25) is 11.8 Å². The Balaban J connectivity index is 2.48. The molecule has 1 fully saturated rings. The summed E-state index contributed by atoms with van der Waals surface area (Å²) in [6.07, 6.45) is 8.16. The highest BCUT2D eigenvalue weighted by Crippen LogP contribution is 2.27. The minimum absolute atomic E-state index is 0.214. The minimum atomic E-state index is -0.673. The topological polar surface area (TPSA) is 123 Å². The number of esters is 1. The van der Waals surface area contributed by atoms with Crippen LogP contribution in [0.3, 0.4) is 0 Å². The Bertz CT molecular complexity index is 611. The van der Waals surface area contributed by atoms with Crippen LogP contribution in [0.15, 0.2) is 0 Å². The lowest BCUT2D eigenvalue weighted by molar-refractivity contribution is -0.140. The third-order valence-electron chi connectivity index (χ3n) is 5.32. The second-order valence-electron chi connectivity index (χ2n) is 9.39. The summed E-state index contributed by atoms with van der Waals surface area (Å²) in [7, 11) is 1.37. The van der Waals surface area contributed by atoms with Crippen molar-refractivity contribution in [2.24, 2.45) is 5.92 Å². The summed E-state index contributed by atoms with van der Waals surface area (Å²) in [5.41, 5.74) is -0.652. The van der Waals surface area contributed by atoms with Gasteiger partial charge >= 0.3 is 12.1 Å². The van der Waals surface area contributed by atoms with E-state index in [-0.39, 0.29) is 18.4 Å². The van der Waals surface area contributed by atoms with E-state index in [4.69, 9.17) is 4.74 Å². The van der Waals surface area contributed by atoms with Gasteiger partial charge in [0, 0.05) is 13.0 Å². The first-order chi connectivity index (χ1) is 15.1. The van der Waals surface area contributed by atoms with Crippen molar-refractivity contribution in [3.05, 3.63) is 0 Å². The highest BCUT2D eigenvalue weighted by atomic mass is 16.6. The largest absolute Gasteiger partial charge is 0.469 e. The van der Waals surface area contributed by atoms with Gasteiger partial charge in [-0.2, -0.15) is 0 Å². The number of hydrogen-bond donors (Lipinski definition) is 3. The molecule has 3 amide bonds. The molecule has 0 spiro atoms. The van der Waals surface area contributed by atoms with E-state index in [0.717, 1.165) is 38.5 Å². The molecule has 9 nitrogen and oxygen atoms in total. The number of unbranched alkanes of at least 4 members (excludes halogenated alkanes) is 2. The molecule has 0 aromatic rings. The molecule has 1 saturated carbocycles. The molecule has 0 unspecified atom stereocenters. The molecule has 1 rings (SSSR count). The van der Waals surface area contributed by atoms with Gasteiger partial charge in [-0.15, -0.1) is 0 Å². The predicted molar refractivity (Wildman–Crippen MR) is 121 cm³/mol. The molecule has 3 N–H and O–H groups in total. The summed E-state index contributed by atoms with van der Waals surface area (Å²) in [6.45, 7) is 5.45. The molecule has 1 aliphatic rings. The van der Waals surface area contributed by atoms with E-state index in [2.05, 4.69) is 20.7 Å². The Morgan fingerprint density at radius 3 is 2.28 bits per heavy atom. The average Bonchev–Trinajstić information content (AvgIpc) is 2.73. The molecule has 0 aromatic heterocycles. The maximum atomic E-state index is 12.8. The van der Waals surface area contributed by atoms with E-state index < -0.39 is 23.6 Å². The van der Waals surface area contributed by atoms with Gasteiger partial charge in [0.15, 0.2) is 0 Å². The van der Waals surface area contributed by atoms with Crippen LogP contribution < -0.4 is 16.0 Å². The maximum Gasteiger partial charge on any atom is 0.408 e. The minimum Gasteiger partial charge on any atom is -0.469 e. The van der Waals surface area contributed by atoms with Gasteiger partial charge in [-0.1, -0.05) is 38.5 Å². The van der Waals surface area contributed by atoms with Crippen LogP contribution >= 0.6 is 0 Å². The van der Waals surface area contributed by atoms with Crippen molar-refractivity contribution in [2.45, 2.75) is 96.6 Å². The number of methoxy groups -OCH3 is 1. The second-order valence-corrected chi connectivity index (χ2v) is 9.39. The molecule has 184 valence electrons. The van der Waals surface area contributed by atoms with Crippen molar-refractivity contribution in [3.8, 4) is 0 Å². The summed E-state index contributed by atoms with van der Waals surface area (Å²) < 4.78 is 9.74. The molecule has 1 atom stereocenters. The fraction of sp³-hybridized carbons (Fsp3) is 0.826. The lowest BCUT2D eigenvalue weighted by Gasteiger charge is -2.27. The molecule has 0 aliphatic heterocycles. The lowest BCUT2D eigenvalue weighted by atomic mass is 9.84. The lowest BCUT2D eigenvalue weighted by Crippen LogP contribution is -2.50. The third kappa shape index (κ3) is 13.2. The van der Waals surface area contributed by atoms with Gasteiger partial charge < -0.3 is 25.4 Å². The zero-order valence-electron chi connectivity index (χ0n) is 20.1. The first kappa shape index (κ1) is 27.7. The number of rotatable bonds is 12. The van der Waals surface area contributed by atoms with Crippen LogP contribution in [-0.2, 0) is 23.9 Å². The van der Waals surface area contributed by atoms with Crippen molar-refractivity contribution in [1.82, 2.24) is 16.0 Å². The molecule has 0 radical (unpaired) electrons. The summed E-state index contributed by atoms with van der Waals surface area (Å²) >= 11 is 0. The number of alkyl carbamates (subject to hydrolysis) is 1. The molecule has 0 bridgehead atoms. The number of hydrogen-bond acceptors (Lipinski definition) is 6. The molecule has 9 heteroatoms. The van der Waals surface area contributed by atoms with Crippen LogP contribution in [0.1, 0.15) is 85.0 Å². The van der Waals surface area contributed by atoms with Crippen LogP contribution in [0.2, 0.25) is 0 Å². The van der Waals surface area contributed by atoms with Crippen molar-refractivity contribution < 1.29 is 28.7 Å². The first-order valence-corrected chi connectivity index (χ1v) is 11.7. The smallest absolute Gasteiger partial charge is 0.408 e. The SMILES string of the molecule is COC(=O)CCCCCNC(=O)[C@H](CC1CCCCC1)NC(=O)CNC(=O)OC(C)(C)C. The first-order valence-electron chi connectivity index (χ1n) is 11.7. The zero-order valence-corrected chi connectivity index (χ0v) is 20.1. The van der Waals surface area contributed by atoms with Crippen molar-refractivity contribution in [2.75, 3.05) is 20.2 Å². The van der Waals surface area contributed by atoms with Gasteiger partial charge in [0.1, 0.15) is 18.2 Å². The van der Waals surface area contributed by atoms with Crippen LogP contribution in [0, 0.1) is 5.92 Å². The fourth-order valence-electron chi connectivity index (χ4n) is 3.71. The molecule has 1 aliphatic carbocycles. The van der Waals surface area contributed by atoms with E-state index >= 15 is 0 Å². The number of carbonyl (C=O) groups is 4. The normalized spacial score (nSPS) is 15.4. The van der Waals surface area contributed by atoms with E-state index in [0.29, 0.717) is 31.7 Å². The zero-order chi connectivity index (χ0) is 24.0. The van der Waals surface area contributed by atoms with Gasteiger partial charge in [0.25, 0.3) is 0 Å². The summed E-state index contributed by atoms with van der Waals surface area (Å²) in [4.78, 5) is 48.0. The predicted octanol–water partition coefficient (Wildman–Crippen LogP) is 2.82. The van der Waals surface area contributed by atoms with Gasteiger partial charge in [0.05, 0.1) is 7.11 Å². The van der Waals surface area contributed by atoms with Gasteiger partial charge in [-0.05, 0) is 46.0 Å². The number of ether oxygens (including phenoxy) is 2. The Labute approximate surface area is 191 Å². The summed E-state index contributed by atoms with van der Waals surface area (Å²) in [6, 6.07) is -0.638. The fourth-order valence-corrected chi connectivity index (χ4v) is 3.71. The quantitative estimate of drug-likeness (QED) is 0.307. The molecule has 0 aromatic carbocycles. The second kappa shape index (κ2) is 14.7. The number of carbonyl (C=O) groups excluding carboxylic acids is 4. The van der Waals surface area contributed by atoms with Crippen molar-refractivity contribution >= 4 is 23.9 Å². The maximum absolute atomic E-state index is 12.8. The Hall–Kier alpha value is -2.32. The van der Waals surface area contributed by atoms with Crippen molar-refractivity contribution in [3.63, 3.8) is 0 Å². The van der Waals surface area contributed by atoms with Gasteiger partial charge in [-0.25, -0.2) is 4.79 Å². The van der Waals surface area contributed by atoms with E-state index in [1.54, 1.807) is 20.8 Å². The van der Waals surface area contributed by atoms with Crippen LogP contribution in [0.5, 0.6) is 0 Å². The van der Waals surface area contributed by atoms with E-state index in [1.165, 1.54) is 13.5 Å². The number of amides is 3. The Morgan fingerprint density at radius 2 is 1.66 bits per heavy atom. The summed E-state index contributed by atoms with van der Waals surface area (Å²) in [5.74, 6) is -0.470. The molecule has 32 heavy (non-hydrogen) atoms. The van der Waals surface area contributed by atoms with Crippen LogP contribution in [0.25, 0.3) is 0 Å². The Morgan fingerprint density at radius 1 is 0.969 bits per heavy atom. The molecular weight excluding hydrogens is 414 g/mol. The standard InChI is InChI=1S/C23H41N3O6/c1-23(2,3)32-22(30)25-16-19(27)26-18(15-17-11-7-5-8-12-17)21(29)24-14-10-6-9-13-20(28)31-4/h17-18H,5-16H2,1-4H3,(H,24,29)(H,25,30)(H,26,27)/t18-/m0/s1.